The number of hydrogen-bond donors (Lipinski definition) is 0. The third-order valence-electron chi connectivity index (χ3n) is 0.733. The molecule has 2 nitrogen and oxygen atoms in total. The van der Waals surface area contributed by atoms with Gasteiger partial charge in [-0.1, -0.05) is 34.1 Å². The largest absolute Gasteiger partial charge is 0.229 e. The Morgan fingerprint density at radius 3 is 1.58 bits per heavy atom. The Kier molecular flexibility index (Phi) is 5.17. The summed E-state index contributed by atoms with van der Waals surface area (Å²) >= 11 is 3.31. The average molecular weight is 251 g/mol. The van der Waals surface area contributed by atoms with Gasteiger partial charge in [0.2, 0.25) is 0 Å². The van der Waals surface area contributed by atoms with Crippen LogP contribution in [0.15, 0.2) is 34.8 Å². The molecule has 1 aromatic rings. The van der Waals surface area contributed by atoms with Gasteiger partial charge in [-0.3, -0.25) is 0 Å². The summed E-state index contributed by atoms with van der Waals surface area (Å²) in [5, 5.41) is 0. The van der Waals surface area contributed by atoms with E-state index in [1.165, 1.54) is 0 Å². The van der Waals surface area contributed by atoms with Crippen LogP contribution >= 0.6 is 15.9 Å². The first-order valence-corrected chi connectivity index (χ1v) is 6.34. The van der Waals surface area contributed by atoms with Crippen LogP contribution in [0.5, 0.6) is 0 Å². The number of benzene rings is 1. The Labute approximate surface area is 81.7 Å². The number of halogens is 1. The van der Waals surface area contributed by atoms with Crippen molar-refractivity contribution in [3.63, 3.8) is 0 Å². The van der Waals surface area contributed by atoms with Crippen molar-refractivity contribution in [2.24, 2.45) is 0 Å². The van der Waals surface area contributed by atoms with Crippen molar-refractivity contribution in [1.29, 1.82) is 0 Å². The van der Waals surface area contributed by atoms with Crippen molar-refractivity contribution in [2.75, 3.05) is 12.5 Å². The highest BCUT2D eigenvalue weighted by Crippen LogP contribution is 2.05. The molecule has 0 heterocycles. The van der Waals surface area contributed by atoms with Gasteiger partial charge in [-0.05, 0) is 12.1 Å². The van der Waals surface area contributed by atoms with E-state index in [1.807, 2.05) is 30.3 Å². The second-order valence-electron chi connectivity index (χ2n) is 2.44. The van der Waals surface area contributed by atoms with Gasteiger partial charge >= 0.3 is 0 Å². The average Bonchev–Trinajstić information content (AvgIpc) is 1.85. The normalized spacial score (nSPS) is 9.92. The summed E-state index contributed by atoms with van der Waals surface area (Å²) in [4.78, 5) is 0. The number of rotatable bonds is 0. The lowest BCUT2D eigenvalue weighted by Gasteiger charge is -1.80. The fourth-order valence-electron chi connectivity index (χ4n) is 0.415. The van der Waals surface area contributed by atoms with Crippen molar-refractivity contribution < 1.29 is 8.42 Å². The molecular formula is C8H11BrO2S. The van der Waals surface area contributed by atoms with Crippen LogP contribution in [0.4, 0.5) is 0 Å². The van der Waals surface area contributed by atoms with E-state index in [2.05, 4.69) is 15.9 Å². The summed E-state index contributed by atoms with van der Waals surface area (Å²) in [5.41, 5.74) is 0. The lowest BCUT2D eigenvalue weighted by atomic mass is 10.4. The second-order valence-corrected chi connectivity index (χ2v) is 5.64. The minimum absolute atomic E-state index is 1.13. The molecule has 0 aliphatic heterocycles. The SMILES string of the molecule is Brc1ccccc1.CS(C)(=O)=O. The van der Waals surface area contributed by atoms with Crippen LogP contribution in [-0.2, 0) is 9.84 Å². The first-order chi connectivity index (χ1) is 5.39. The molecule has 1 rings (SSSR count). The van der Waals surface area contributed by atoms with E-state index in [1.54, 1.807) is 0 Å². The zero-order valence-electron chi connectivity index (χ0n) is 6.99. The van der Waals surface area contributed by atoms with Crippen LogP contribution < -0.4 is 0 Å². The maximum absolute atomic E-state index is 9.63. The van der Waals surface area contributed by atoms with Crippen LogP contribution in [0.25, 0.3) is 0 Å². The van der Waals surface area contributed by atoms with E-state index < -0.39 is 9.84 Å². The summed E-state index contributed by atoms with van der Waals surface area (Å²) in [7, 11) is -2.67. The molecule has 0 aliphatic rings. The van der Waals surface area contributed by atoms with Crippen LogP contribution in [0.2, 0.25) is 0 Å². The maximum Gasteiger partial charge on any atom is 0.144 e. The Hall–Kier alpha value is -0.350. The van der Waals surface area contributed by atoms with Gasteiger partial charge in [-0.2, -0.15) is 0 Å². The monoisotopic (exact) mass is 250 g/mol. The van der Waals surface area contributed by atoms with E-state index in [0.717, 1.165) is 17.0 Å². The van der Waals surface area contributed by atoms with E-state index in [9.17, 15) is 8.42 Å². The molecule has 0 N–H and O–H groups in total. The first kappa shape index (κ1) is 11.6. The molecule has 0 saturated carbocycles. The van der Waals surface area contributed by atoms with Gasteiger partial charge in [-0.25, -0.2) is 8.42 Å². The molecular weight excluding hydrogens is 240 g/mol. The number of sulfone groups is 1. The van der Waals surface area contributed by atoms with E-state index in [0.29, 0.717) is 0 Å². The lowest BCUT2D eigenvalue weighted by molar-refractivity contribution is 0.607. The highest BCUT2D eigenvalue weighted by atomic mass is 79.9. The van der Waals surface area contributed by atoms with Gasteiger partial charge < -0.3 is 0 Å². The fraction of sp³-hybridized carbons (Fsp3) is 0.250. The van der Waals surface area contributed by atoms with E-state index in [-0.39, 0.29) is 0 Å². The molecule has 1 aromatic carbocycles. The summed E-state index contributed by atoms with van der Waals surface area (Å²) in [6.45, 7) is 0. The van der Waals surface area contributed by atoms with Gasteiger partial charge in [0.05, 0.1) is 0 Å². The molecule has 0 spiro atoms. The second kappa shape index (κ2) is 5.32. The Morgan fingerprint density at radius 2 is 1.42 bits per heavy atom. The molecule has 0 unspecified atom stereocenters. The van der Waals surface area contributed by atoms with Crippen LogP contribution in [0.1, 0.15) is 0 Å². The Morgan fingerprint density at radius 1 is 1.08 bits per heavy atom. The van der Waals surface area contributed by atoms with Gasteiger partial charge in [0.15, 0.2) is 0 Å². The van der Waals surface area contributed by atoms with Crippen LogP contribution in [0, 0.1) is 0 Å². The molecule has 0 radical (unpaired) electrons. The lowest BCUT2D eigenvalue weighted by Crippen LogP contribution is -1.86. The highest BCUT2D eigenvalue weighted by Gasteiger charge is 1.79. The molecule has 4 heteroatoms. The summed E-state index contributed by atoms with van der Waals surface area (Å²) < 4.78 is 20.4. The molecule has 0 atom stereocenters. The van der Waals surface area contributed by atoms with Crippen molar-refractivity contribution in [3.8, 4) is 0 Å². The third-order valence-corrected chi connectivity index (χ3v) is 1.26. The highest BCUT2D eigenvalue weighted by molar-refractivity contribution is 9.10. The Balaban J connectivity index is 0.000000217. The van der Waals surface area contributed by atoms with Gasteiger partial charge in [0.25, 0.3) is 0 Å². The molecule has 68 valence electrons. The summed E-state index contributed by atoms with van der Waals surface area (Å²) in [5.74, 6) is 0. The summed E-state index contributed by atoms with van der Waals surface area (Å²) in [6.07, 6.45) is 2.32. The minimum Gasteiger partial charge on any atom is -0.229 e. The standard InChI is InChI=1S/C6H5Br.C2H6O2S/c7-6-4-2-1-3-5-6;1-5(2,3)4/h1-5H;1-2H3. The fourth-order valence-corrected chi connectivity index (χ4v) is 0.720. The van der Waals surface area contributed by atoms with Gasteiger partial charge in [0, 0.05) is 17.0 Å². The van der Waals surface area contributed by atoms with Gasteiger partial charge in [-0.15, -0.1) is 0 Å². The Bertz CT molecular complexity index is 297. The molecule has 0 aromatic heterocycles. The predicted octanol–water partition coefficient (Wildman–Crippen LogP) is 2.11. The predicted molar refractivity (Wildman–Crippen MR) is 54.9 cm³/mol. The van der Waals surface area contributed by atoms with E-state index in [4.69, 9.17) is 0 Å². The zero-order chi connectivity index (χ0) is 9.61. The molecule has 12 heavy (non-hydrogen) atoms. The molecule has 0 fully saturated rings. The molecule has 0 saturated heterocycles. The zero-order valence-corrected chi connectivity index (χ0v) is 9.39. The van der Waals surface area contributed by atoms with Crippen LogP contribution in [0.3, 0.4) is 0 Å². The first-order valence-electron chi connectivity index (χ1n) is 3.25. The van der Waals surface area contributed by atoms with Crippen molar-refractivity contribution >= 4 is 25.8 Å². The minimum atomic E-state index is -2.67. The smallest absolute Gasteiger partial charge is 0.144 e. The molecule has 0 aliphatic carbocycles. The third kappa shape index (κ3) is 12.3. The molecule has 0 amide bonds. The summed E-state index contributed by atoms with van der Waals surface area (Å²) in [6, 6.07) is 9.97. The topological polar surface area (TPSA) is 34.1 Å². The number of hydrogen-bond acceptors (Lipinski definition) is 2. The molecule has 0 bridgehead atoms. The van der Waals surface area contributed by atoms with Crippen molar-refractivity contribution in [2.45, 2.75) is 0 Å². The van der Waals surface area contributed by atoms with Gasteiger partial charge in [0.1, 0.15) is 9.84 Å². The van der Waals surface area contributed by atoms with Crippen molar-refractivity contribution in [3.05, 3.63) is 34.8 Å². The van der Waals surface area contributed by atoms with E-state index >= 15 is 0 Å². The van der Waals surface area contributed by atoms with Crippen LogP contribution in [-0.4, -0.2) is 20.9 Å². The van der Waals surface area contributed by atoms with Crippen molar-refractivity contribution in [1.82, 2.24) is 0 Å². The quantitative estimate of drug-likeness (QED) is 0.707. The maximum atomic E-state index is 9.63.